The minimum Gasteiger partial charge on any atom is -0.465 e. The van der Waals surface area contributed by atoms with Crippen LogP contribution in [0, 0.1) is 11.8 Å². The molecule has 1 fully saturated rings. The van der Waals surface area contributed by atoms with E-state index in [4.69, 9.17) is 4.74 Å². The van der Waals surface area contributed by atoms with Gasteiger partial charge in [-0.1, -0.05) is 30.3 Å². The zero-order valence-electron chi connectivity index (χ0n) is 10.1. The molecule has 94 valence electrons. The Kier molecular flexibility index (Phi) is 3.55. The molecule has 1 heterocycles. The zero-order chi connectivity index (χ0) is 13.1. The highest BCUT2D eigenvalue weighted by molar-refractivity contribution is 6.01. The van der Waals surface area contributed by atoms with Crippen LogP contribution in [0.15, 0.2) is 30.3 Å². The summed E-state index contributed by atoms with van der Waals surface area (Å²) in [5.41, 5.74) is 0.596. The van der Waals surface area contributed by atoms with Crippen LogP contribution in [0.1, 0.15) is 23.7 Å². The van der Waals surface area contributed by atoms with Crippen molar-refractivity contribution < 1.29 is 19.1 Å². The fraction of sp³-hybridized carbons (Fsp3) is 0.357. The fourth-order valence-electron chi connectivity index (χ4n) is 2.22. The molecule has 0 bridgehead atoms. The Morgan fingerprint density at radius 3 is 2.56 bits per heavy atom. The molecule has 0 N–H and O–H groups in total. The Morgan fingerprint density at radius 1 is 1.28 bits per heavy atom. The van der Waals surface area contributed by atoms with Gasteiger partial charge in [0.05, 0.1) is 6.61 Å². The Bertz CT molecular complexity index is 478. The average molecular weight is 246 g/mol. The molecule has 4 nitrogen and oxygen atoms in total. The Labute approximate surface area is 105 Å². The third-order valence-electron chi connectivity index (χ3n) is 3.15. The maximum Gasteiger partial charge on any atom is 0.316 e. The van der Waals surface area contributed by atoms with Crippen LogP contribution in [0.5, 0.6) is 0 Å². The van der Waals surface area contributed by atoms with Crippen molar-refractivity contribution in [3.63, 3.8) is 0 Å². The fourth-order valence-corrected chi connectivity index (χ4v) is 2.22. The van der Waals surface area contributed by atoms with Gasteiger partial charge in [0.25, 0.3) is 0 Å². The molecule has 2 atom stereocenters. The molecule has 4 heteroatoms. The highest BCUT2D eigenvalue weighted by atomic mass is 16.5. The first-order valence-electron chi connectivity index (χ1n) is 5.85. The Morgan fingerprint density at radius 2 is 1.94 bits per heavy atom. The topological polar surface area (TPSA) is 60.4 Å². The van der Waals surface area contributed by atoms with Gasteiger partial charge in [0.2, 0.25) is 0 Å². The second kappa shape index (κ2) is 5.12. The van der Waals surface area contributed by atoms with E-state index in [0.717, 1.165) is 0 Å². The summed E-state index contributed by atoms with van der Waals surface area (Å²) in [7, 11) is 0. The van der Waals surface area contributed by atoms with Crippen LogP contribution in [-0.4, -0.2) is 24.1 Å². The van der Waals surface area contributed by atoms with Crippen molar-refractivity contribution in [3.8, 4) is 0 Å². The minimum absolute atomic E-state index is 0.0647. The summed E-state index contributed by atoms with van der Waals surface area (Å²) in [6, 6.07) is 8.85. The van der Waals surface area contributed by atoms with Crippen LogP contribution in [0.2, 0.25) is 0 Å². The van der Waals surface area contributed by atoms with Crippen molar-refractivity contribution >= 4 is 17.5 Å². The van der Waals surface area contributed by atoms with E-state index in [1.165, 1.54) is 6.92 Å². The molecular weight excluding hydrogens is 232 g/mol. The molecule has 0 aliphatic carbocycles. The molecule has 18 heavy (non-hydrogen) atoms. The standard InChI is InChI=1S/C14H14O4/c1-9(15)13-11(8-18-14(13)17)7-12(16)10-5-3-2-4-6-10/h2-6,11,13H,7-8H2,1H3/t11-,13+/m0/s1. The van der Waals surface area contributed by atoms with E-state index >= 15 is 0 Å². The Hall–Kier alpha value is -1.97. The highest BCUT2D eigenvalue weighted by Crippen LogP contribution is 2.27. The van der Waals surface area contributed by atoms with E-state index in [2.05, 4.69) is 0 Å². The SMILES string of the molecule is CC(=O)[C@H]1C(=O)OC[C@@H]1CC(=O)c1ccccc1. The van der Waals surface area contributed by atoms with E-state index in [1.54, 1.807) is 24.3 Å². The number of carbonyl (C=O) groups excluding carboxylic acids is 3. The van der Waals surface area contributed by atoms with Crippen molar-refractivity contribution in [1.82, 2.24) is 0 Å². The number of carbonyl (C=O) groups is 3. The van der Waals surface area contributed by atoms with E-state index in [0.29, 0.717) is 5.56 Å². The zero-order valence-corrected chi connectivity index (χ0v) is 10.1. The van der Waals surface area contributed by atoms with Gasteiger partial charge < -0.3 is 4.74 Å². The number of hydrogen-bond acceptors (Lipinski definition) is 4. The molecule has 1 aromatic rings. The Balaban J connectivity index is 2.08. The molecule has 0 saturated carbocycles. The average Bonchev–Trinajstić information content (AvgIpc) is 2.71. The molecule has 0 amide bonds. The molecule has 1 aliphatic rings. The van der Waals surface area contributed by atoms with Gasteiger partial charge in [0, 0.05) is 17.9 Å². The van der Waals surface area contributed by atoms with Gasteiger partial charge in [-0.3, -0.25) is 14.4 Å². The van der Waals surface area contributed by atoms with Crippen LogP contribution < -0.4 is 0 Å². The third-order valence-corrected chi connectivity index (χ3v) is 3.15. The van der Waals surface area contributed by atoms with Gasteiger partial charge in [-0.05, 0) is 6.92 Å². The lowest BCUT2D eigenvalue weighted by molar-refractivity contribution is -0.144. The van der Waals surface area contributed by atoms with Gasteiger partial charge in [-0.25, -0.2) is 0 Å². The van der Waals surface area contributed by atoms with Crippen LogP contribution >= 0.6 is 0 Å². The number of ketones is 2. The van der Waals surface area contributed by atoms with Crippen LogP contribution in [0.4, 0.5) is 0 Å². The maximum absolute atomic E-state index is 12.0. The number of esters is 1. The third kappa shape index (κ3) is 2.47. The lowest BCUT2D eigenvalue weighted by atomic mass is 9.87. The maximum atomic E-state index is 12.0. The smallest absolute Gasteiger partial charge is 0.316 e. The molecule has 0 radical (unpaired) electrons. The molecule has 0 unspecified atom stereocenters. The number of benzene rings is 1. The van der Waals surface area contributed by atoms with E-state index in [1.807, 2.05) is 6.07 Å². The summed E-state index contributed by atoms with van der Waals surface area (Å²) in [6.07, 6.45) is 0.167. The largest absolute Gasteiger partial charge is 0.465 e. The molecular formula is C14H14O4. The van der Waals surface area contributed by atoms with Crippen LogP contribution in [-0.2, 0) is 14.3 Å². The molecule has 1 aliphatic heterocycles. The summed E-state index contributed by atoms with van der Waals surface area (Å²) in [5, 5.41) is 0. The first-order chi connectivity index (χ1) is 8.59. The predicted molar refractivity (Wildman–Crippen MR) is 64.0 cm³/mol. The van der Waals surface area contributed by atoms with Crippen molar-refractivity contribution in [2.24, 2.45) is 11.8 Å². The number of rotatable bonds is 4. The summed E-state index contributed by atoms with van der Waals surface area (Å²) in [4.78, 5) is 34.8. The number of ether oxygens (including phenoxy) is 1. The van der Waals surface area contributed by atoms with Gasteiger partial charge in [0.1, 0.15) is 11.7 Å². The summed E-state index contributed by atoms with van der Waals surface area (Å²) >= 11 is 0. The van der Waals surface area contributed by atoms with Gasteiger partial charge in [-0.2, -0.15) is 0 Å². The van der Waals surface area contributed by atoms with E-state index in [9.17, 15) is 14.4 Å². The normalized spacial score (nSPS) is 22.6. The van der Waals surface area contributed by atoms with Gasteiger partial charge in [0.15, 0.2) is 5.78 Å². The summed E-state index contributed by atoms with van der Waals surface area (Å²) in [5.74, 6) is -1.91. The monoisotopic (exact) mass is 246 g/mol. The summed E-state index contributed by atoms with van der Waals surface area (Å²) < 4.78 is 4.86. The summed E-state index contributed by atoms with van der Waals surface area (Å²) in [6.45, 7) is 1.51. The minimum atomic E-state index is -0.780. The van der Waals surface area contributed by atoms with Crippen LogP contribution in [0.25, 0.3) is 0 Å². The molecule has 0 aromatic heterocycles. The second-order valence-electron chi connectivity index (χ2n) is 4.47. The first kappa shape index (κ1) is 12.5. The second-order valence-corrected chi connectivity index (χ2v) is 4.47. The van der Waals surface area contributed by atoms with Crippen molar-refractivity contribution in [2.75, 3.05) is 6.61 Å². The van der Waals surface area contributed by atoms with Crippen molar-refractivity contribution in [3.05, 3.63) is 35.9 Å². The van der Waals surface area contributed by atoms with Crippen molar-refractivity contribution in [1.29, 1.82) is 0 Å². The molecule has 2 rings (SSSR count). The lowest BCUT2D eigenvalue weighted by Crippen LogP contribution is -2.25. The molecule has 1 saturated heterocycles. The number of cyclic esters (lactones) is 1. The highest BCUT2D eigenvalue weighted by Gasteiger charge is 2.41. The van der Waals surface area contributed by atoms with E-state index in [-0.39, 0.29) is 30.5 Å². The molecule has 1 aromatic carbocycles. The lowest BCUT2D eigenvalue weighted by Gasteiger charge is -2.11. The van der Waals surface area contributed by atoms with Gasteiger partial charge in [-0.15, -0.1) is 0 Å². The quantitative estimate of drug-likeness (QED) is 0.460. The van der Waals surface area contributed by atoms with E-state index < -0.39 is 11.9 Å². The van der Waals surface area contributed by atoms with Gasteiger partial charge >= 0.3 is 5.97 Å². The number of hydrogen-bond donors (Lipinski definition) is 0. The molecule has 0 spiro atoms. The number of Topliss-reactive ketones (excluding diaryl/α,β-unsaturated/α-hetero) is 2. The van der Waals surface area contributed by atoms with Crippen LogP contribution in [0.3, 0.4) is 0 Å². The van der Waals surface area contributed by atoms with Crippen molar-refractivity contribution in [2.45, 2.75) is 13.3 Å². The predicted octanol–water partition coefficient (Wildman–Crippen LogP) is 1.64. The first-order valence-corrected chi connectivity index (χ1v) is 5.85.